The summed E-state index contributed by atoms with van der Waals surface area (Å²) in [6.07, 6.45) is 4.99. The van der Waals surface area contributed by atoms with Crippen LogP contribution in [0.1, 0.15) is 28.7 Å². The maximum absolute atomic E-state index is 14.3. The standard InChI is InChI=1S/C22H19FN6O3/c1-4-13-10-25-19(28-17(13)18-14(23)6-5-7-24-18)21(30)27-15-11-32-16-8-12(2)9-26-20(16)29(3)22(15)31/h5-10H,4,11H2,1-3H3/b27-15+. The third-order valence-corrected chi connectivity index (χ3v) is 4.86. The lowest BCUT2D eigenvalue weighted by molar-refractivity contribution is -0.112. The first-order valence-corrected chi connectivity index (χ1v) is 9.85. The first-order valence-electron chi connectivity index (χ1n) is 9.85. The fourth-order valence-corrected chi connectivity index (χ4v) is 3.18. The number of carbonyl (C=O) groups is 2. The van der Waals surface area contributed by atoms with Crippen LogP contribution in [-0.2, 0) is 11.2 Å². The second-order valence-electron chi connectivity index (χ2n) is 7.11. The zero-order valence-electron chi connectivity index (χ0n) is 17.7. The van der Waals surface area contributed by atoms with Crippen molar-refractivity contribution in [2.45, 2.75) is 20.3 Å². The van der Waals surface area contributed by atoms with Crippen molar-refractivity contribution in [3.63, 3.8) is 0 Å². The SMILES string of the molecule is CCc1cnc(C(=O)/N=C2\COc3cc(C)cnc3N(C)C2=O)nc1-c1ncccc1F. The summed E-state index contributed by atoms with van der Waals surface area (Å²) in [5.41, 5.74) is 1.58. The van der Waals surface area contributed by atoms with E-state index in [1.54, 1.807) is 12.3 Å². The molecule has 0 saturated carbocycles. The van der Waals surface area contributed by atoms with E-state index < -0.39 is 17.6 Å². The van der Waals surface area contributed by atoms with Crippen molar-refractivity contribution < 1.29 is 18.7 Å². The van der Waals surface area contributed by atoms with Crippen LogP contribution in [-0.4, -0.2) is 51.1 Å². The van der Waals surface area contributed by atoms with Gasteiger partial charge in [-0.2, -0.15) is 0 Å². The number of aryl methyl sites for hydroxylation is 2. The van der Waals surface area contributed by atoms with E-state index in [-0.39, 0.29) is 29.5 Å². The van der Waals surface area contributed by atoms with Gasteiger partial charge in [-0.25, -0.2) is 24.3 Å². The highest BCUT2D eigenvalue weighted by atomic mass is 19.1. The summed E-state index contributed by atoms with van der Waals surface area (Å²) in [6, 6.07) is 4.47. The minimum absolute atomic E-state index is 0.0129. The Morgan fingerprint density at radius 2 is 2.06 bits per heavy atom. The lowest BCUT2D eigenvalue weighted by Crippen LogP contribution is -2.35. The summed E-state index contributed by atoms with van der Waals surface area (Å²) in [7, 11) is 1.52. The maximum atomic E-state index is 14.3. The molecule has 9 nitrogen and oxygen atoms in total. The van der Waals surface area contributed by atoms with Crippen molar-refractivity contribution in [2.24, 2.45) is 4.99 Å². The van der Waals surface area contributed by atoms with Gasteiger partial charge in [0.05, 0.1) is 5.69 Å². The van der Waals surface area contributed by atoms with Crippen molar-refractivity contribution in [1.82, 2.24) is 19.9 Å². The van der Waals surface area contributed by atoms with Crippen molar-refractivity contribution in [3.8, 4) is 17.1 Å². The molecule has 4 rings (SSSR count). The molecule has 3 aromatic heterocycles. The molecular weight excluding hydrogens is 415 g/mol. The number of aliphatic imine (C=N–C) groups is 1. The fraction of sp³-hybridized carbons (Fsp3) is 0.227. The van der Waals surface area contributed by atoms with Gasteiger partial charge >= 0.3 is 5.91 Å². The Bertz CT molecular complexity index is 1260. The molecule has 0 saturated heterocycles. The first-order chi connectivity index (χ1) is 15.4. The van der Waals surface area contributed by atoms with Gasteiger partial charge in [0.25, 0.3) is 5.91 Å². The number of aromatic nitrogens is 4. The Labute approximate surface area is 183 Å². The average Bonchev–Trinajstić information content (AvgIpc) is 2.90. The number of fused-ring (bicyclic) bond motifs is 1. The molecule has 0 aliphatic carbocycles. The molecule has 0 radical (unpaired) electrons. The monoisotopic (exact) mass is 434 g/mol. The van der Waals surface area contributed by atoms with E-state index in [4.69, 9.17) is 4.74 Å². The number of pyridine rings is 2. The minimum atomic E-state index is -0.847. The molecule has 1 aliphatic heterocycles. The molecule has 0 spiro atoms. The van der Waals surface area contributed by atoms with Gasteiger partial charge in [0.2, 0.25) is 5.82 Å². The number of carbonyl (C=O) groups excluding carboxylic acids is 2. The number of hydrogen-bond donors (Lipinski definition) is 0. The van der Waals surface area contributed by atoms with Crippen LogP contribution >= 0.6 is 0 Å². The van der Waals surface area contributed by atoms with Crippen molar-refractivity contribution >= 4 is 23.3 Å². The number of rotatable bonds is 3. The summed E-state index contributed by atoms with van der Waals surface area (Å²) in [6.45, 7) is 3.48. The number of ether oxygens (including phenoxy) is 1. The maximum Gasteiger partial charge on any atom is 0.315 e. The van der Waals surface area contributed by atoms with E-state index in [1.165, 1.54) is 36.5 Å². The van der Waals surface area contributed by atoms with Crippen LogP contribution in [0.25, 0.3) is 11.4 Å². The van der Waals surface area contributed by atoms with Crippen LogP contribution in [0.2, 0.25) is 0 Å². The molecule has 0 N–H and O–H groups in total. The Kier molecular flexibility index (Phi) is 5.67. The van der Waals surface area contributed by atoms with E-state index in [2.05, 4.69) is 24.9 Å². The number of nitrogens with zero attached hydrogens (tertiary/aromatic N) is 6. The quantitative estimate of drug-likeness (QED) is 0.623. The largest absolute Gasteiger partial charge is 0.483 e. The van der Waals surface area contributed by atoms with Crippen LogP contribution in [0.4, 0.5) is 10.2 Å². The highest BCUT2D eigenvalue weighted by molar-refractivity contribution is 6.46. The van der Waals surface area contributed by atoms with Crippen molar-refractivity contribution in [3.05, 3.63) is 59.6 Å². The number of amides is 2. The molecule has 162 valence electrons. The second-order valence-corrected chi connectivity index (χ2v) is 7.11. The van der Waals surface area contributed by atoms with E-state index in [0.29, 0.717) is 23.6 Å². The van der Waals surface area contributed by atoms with Crippen LogP contribution in [0.15, 0.2) is 41.8 Å². The number of halogens is 1. The van der Waals surface area contributed by atoms with Crippen LogP contribution in [0.5, 0.6) is 5.75 Å². The van der Waals surface area contributed by atoms with Crippen molar-refractivity contribution in [2.75, 3.05) is 18.6 Å². The Hall–Kier alpha value is -4.08. The first kappa shape index (κ1) is 21.2. The Morgan fingerprint density at radius 3 is 2.81 bits per heavy atom. The third-order valence-electron chi connectivity index (χ3n) is 4.86. The lowest BCUT2D eigenvalue weighted by Gasteiger charge is -2.14. The normalized spacial score (nSPS) is 14.7. The van der Waals surface area contributed by atoms with E-state index in [1.807, 2.05) is 13.8 Å². The molecule has 2 amide bonds. The third kappa shape index (κ3) is 3.94. The molecular formula is C22H19FN6O3. The van der Waals surface area contributed by atoms with Crippen LogP contribution in [0.3, 0.4) is 0 Å². The number of anilines is 1. The summed E-state index contributed by atoms with van der Waals surface area (Å²) in [4.78, 5) is 47.3. The Morgan fingerprint density at radius 1 is 1.25 bits per heavy atom. The van der Waals surface area contributed by atoms with Gasteiger partial charge in [0.1, 0.15) is 18.0 Å². The second kappa shape index (κ2) is 8.58. The van der Waals surface area contributed by atoms with E-state index >= 15 is 0 Å². The molecule has 3 aromatic rings. The molecule has 0 unspecified atom stereocenters. The highest BCUT2D eigenvalue weighted by Gasteiger charge is 2.28. The van der Waals surface area contributed by atoms with Gasteiger partial charge < -0.3 is 4.74 Å². The summed E-state index contributed by atoms with van der Waals surface area (Å²) >= 11 is 0. The van der Waals surface area contributed by atoms with Gasteiger partial charge in [-0.3, -0.25) is 19.5 Å². The molecule has 0 bridgehead atoms. The molecule has 32 heavy (non-hydrogen) atoms. The summed E-state index contributed by atoms with van der Waals surface area (Å²) in [5.74, 6) is -1.49. The van der Waals surface area contributed by atoms with Gasteiger partial charge in [-0.05, 0) is 42.7 Å². The van der Waals surface area contributed by atoms with E-state index in [9.17, 15) is 14.0 Å². The molecule has 0 atom stereocenters. The Balaban J connectivity index is 1.69. The molecule has 1 aliphatic rings. The number of hydrogen-bond acceptors (Lipinski definition) is 7. The topological polar surface area (TPSA) is 111 Å². The molecule has 0 aromatic carbocycles. The summed E-state index contributed by atoms with van der Waals surface area (Å²) in [5, 5.41) is 0. The smallest absolute Gasteiger partial charge is 0.315 e. The minimum Gasteiger partial charge on any atom is -0.483 e. The zero-order valence-corrected chi connectivity index (χ0v) is 17.7. The summed E-state index contributed by atoms with van der Waals surface area (Å²) < 4.78 is 19.9. The van der Waals surface area contributed by atoms with Gasteiger partial charge in [-0.1, -0.05) is 6.92 Å². The highest BCUT2D eigenvalue weighted by Crippen LogP contribution is 2.28. The van der Waals surface area contributed by atoms with Crippen LogP contribution in [0, 0.1) is 12.7 Å². The van der Waals surface area contributed by atoms with E-state index in [0.717, 1.165) is 5.56 Å². The van der Waals surface area contributed by atoms with Gasteiger partial charge in [-0.15, -0.1) is 0 Å². The van der Waals surface area contributed by atoms with Crippen LogP contribution < -0.4 is 9.64 Å². The van der Waals surface area contributed by atoms with Gasteiger partial charge in [0.15, 0.2) is 17.4 Å². The lowest BCUT2D eigenvalue weighted by atomic mass is 10.1. The van der Waals surface area contributed by atoms with Gasteiger partial charge in [0, 0.05) is 25.6 Å². The molecule has 0 fully saturated rings. The predicted octanol–water partition coefficient (Wildman–Crippen LogP) is 2.58. The van der Waals surface area contributed by atoms with Crippen molar-refractivity contribution in [1.29, 1.82) is 0 Å². The zero-order chi connectivity index (χ0) is 22.8. The molecule has 4 heterocycles. The average molecular weight is 434 g/mol. The predicted molar refractivity (Wildman–Crippen MR) is 114 cm³/mol. The molecule has 10 heteroatoms. The fourth-order valence-electron chi connectivity index (χ4n) is 3.18.